The third-order valence-electron chi connectivity index (χ3n) is 2.47. The van der Waals surface area contributed by atoms with E-state index in [9.17, 15) is 0 Å². The lowest BCUT2D eigenvalue weighted by Crippen LogP contribution is -2.41. The van der Waals surface area contributed by atoms with Crippen LogP contribution in [0.2, 0.25) is 0 Å². The molecule has 0 aromatic carbocycles. The molecule has 0 radical (unpaired) electrons. The summed E-state index contributed by atoms with van der Waals surface area (Å²) in [6, 6.07) is 0. The second-order valence-corrected chi connectivity index (χ2v) is 4.71. The normalized spacial score (nSPS) is 37.2. The van der Waals surface area contributed by atoms with Crippen molar-refractivity contribution in [1.29, 1.82) is 0 Å². The van der Waals surface area contributed by atoms with Crippen LogP contribution in [0.25, 0.3) is 0 Å². The molecular formula is C9H17ClO2. The molecule has 1 heterocycles. The smallest absolute Gasteiger partial charge is 0.170 e. The van der Waals surface area contributed by atoms with E-state index in [2.05, 4.69) is 20.8 Å². The summed E-state index contributed by atoms with van der Waals surface area (Å²) in [6.45, 7) is 8.88. The van der Waals surface area contributed by atoms with Gasteiger partial charge in [-0.3, -0.25) is 0 Å². The quantitative estimate of drug-likeness (QED) is 0.594. The number of alkyl halides is 1. The van der Waals surface area contributed by atoms with Gasteiger partial charge in [0.25, 0.3) is 0 Å². The van der Waals surface area contributed by atoms with Crippen molar-refractivity contribution in [3.8, 4) is 0 Å². The molecule has 0 N–H and O–H groups in total. The molecule has 2 nitrogen and oxygen atoms in total. The van der Waals surface area contributed by atoms with Gasteiger partial charge in [-0.1, -0.05) is 20.8 Å². The maximum atomic E-state index is 5.71. The van der Waals surface area contributed by atoms with Crippen LogP contribution in [0.15, 0.2) is 0 Å². The molecule has 0 aliphatic carbocycles. The fourth-order valence-electron chi connectivity index (χ4n) is 1.11. The molecule has 0 aromatic heterocycles. The maximum Gasteiger partial charge on any atom is 0.170 e. The first-order valence-corrected chi connectivity index (χ1v) is 4.80. The summed E-state index contributed by atoms with van der Waals surface area (Å²) in [6.07, 6.45) is 0.0518. The minimum absolute atomic E-state index is 0.00614. The standard InChI is InChI=1S/C9H17ClO2/c1-8(2,3)9(4)11-6-7(5-10)12-9/h7H,5-6H2,1-4H3/t7-,9-/m0/s1. The summed E-state index contributed by atoms with van der Waals surface area (Å²) >= 11 is 5.68. The molecule has 0 amide bonds. The van der Waals surface area contributed by atoms with E-state index in [-0.39, 0.29) is 11.5 Å². The Bertz CT molecular complexity index is 164. The fraction of sp³-hybridized carbons (Fsp3) is 1.00. The van der Waals surface area contributed by atoms with Gasteiger partial charge in [0.2, 0.25) is 0 Å². The lowest BCUT2D eigenvalue weighted by atomic mass is 9.87. The van der Waals surface area contributed by atoms with Gasteiger partial charge in [-0.15, -0.1) is 11.6 Å². The molecule has 0 unspecified atom stereocenters. The Morgan fingerprint density at radius 1 is 1.50 bits per heavy atom. The van der Waals surface area contributed by atoms with Gasteiger partial charge in [-0.2, -0.15) is 0 Å². The first-order valence-electron chi connectivity index (χ1n) is 4.27. The van der Waals surface area contributed by atoms with E-state index in [1.165, 1.54) is 0 Å². The molecule has 2 atom stereocenters. The molecule has 1 saturated heterocycles. The van der Waals surface area contributed by atoms with Crippen molar-refractivity contribution in [3.05, 3.63) is 0 Å². The SMILES string of the molecule is CC(C)(C)[C@@]1(C)OC[C@H](CCl)O1. The molecule has 72 valence electrons. The summed E-state index contributed by atoms with van der Waals surface area (Å²) in [5.41, 5.74) is -0.00614. The minimum atomic E-state index is -0.480. The lowest BCUT2D eigenvalue weighted by Gasteiger charge is -2.36. The highest BCUT2D eigenvalue weighted by molar-refractivity contribution is 6.18. The lowest BCUT2D eigenvalue weighted by molar-refractivity contribution is -0.215. The first kappa shape index (κ1) is 10.3. The third kappa shape index (κ3) is 1.76. The molecule has 0 saturated carbocycles. The first-order chi connectivity index (χ1) is 5.39. The van der Waals surface area contributed by atoms with Crippen LogP contribution in [0, 0.1) is 5.41 Å². The summed E-state index contributed by atoms with van der Waals surface area (Å²) in [5, 5.41) is 0. The molecule has 1 fully saturated rings. The highest BCUT2D eigenvalue weighted by atomic mass is 35.5. The van der Waals surface area contributed by atoms with E-state index in [4.69, 9.17) is 21.1 Å². The van der Waals surface area contributed by atoms with Crippen LogP contribution in [0.4, 0.5) is 0 Å². The fourth-order valence-corrected chi connectivity index (χ4v) is 1.26. The van der Waals surface area contributed by atoms with E-state index in [1.807, 2.05) is 6.92 Å². The molecular weight excluding hydrogens is 176 g/mol. The van der Waals surface area contributed by atoms with Gasteiger partial charge in [0.05, 0.1) is 18.6 Å². The number of hydrogen-bond acceptors (Lipinski definition) is 2. The monoisotopic (exact) mass is 192 g/mol. The van der Waals surface area contributed by atoms with Gasteiger partial charge < -0.3 is 9.47 Å². The number of ether oxygens (including phenoxy) is 2. The summed E-state index contributed by atoms with van der Waals surface area (Å²) in [5.74, 6) is 0.0260. The maximum absolute atomic E-state index is 5.71. The Morgan fingerprint density at radius 2 is 2.08 bits per heavy atom. The largest absolute Gasteiger partial charge is 0.347 e. The van der Waals surface area contributed by atoms with E-state index in [0.29, 0.717) is 12.5 Å². The zero-order chi connectivity index (χ0) is 9.41. The van der Waals surface area contributed by atoms with Crippen LogP contribution in [-0.2, 0) is 9.47 Å². The van der Waals surface area contributed by atoms with Gasteiger partial charge in [0, 0.05) is 5.41 Å². The Labute approximate surface area is 79.2 Å². The molecule has 3 heteroatoms. The molecule has 0 bridgehead atoms. The zero-order valence-electron chi connectivity index (χ0n) is 8.19. The second-order valence-electron chi connectivity index (χ2n) is 4.40. The topological polar surface area (TPSA) is 18.5 Å². The average Bonchev–Trinajstić information content (AvgIpc) is 2.31. The predicted octanol–water partition coefficient (Wildman–Crippen LogP) is 2.40. The van der Waals surface area contributed by atoms with Gasteiger partial charge in [-0.05, 0) is 6.92 Å². The molecule has 1 aliphatic heterocycles. The third-order valence-corrected chi connectivity index (χ3v) is 2.81. The van der Waals surface area contributed by atoms with Crippen LogP contribution in [0.3, 0.4) is 0 Å². The zero-order valence-corrected chi connectivity index (χ0v) is 8.94. The molecule has 1 aliphatic rings. The van der Waals surface area contributed by atoms with Crippen molar-refractivity contribution in [2.24, 2.45) is 5.41 Å². The van der Waals surface area contributed by atoms with Crippen molar-refractivity contribution in [2.45, 2.75) is 39.6 Å². The van der Waals surface area contributed by atoms with E-state index in [1.54, 1.807) is 0 Å². The molecule has 1 rings (SSSR count). The summed E-state index contributed by atoms with van der Waals surface area (Å²) < 4.78 is 11.3. The van der Waals surface area contributed by atoms with Crippen molar-refractivity contribution >= 4 is 11.6 Å². The molecule has 0 aromatic rings. The highest BCUT2D eigenvalue weighted by Gasteiger charge is 2.46. The van der Waals surface area contributed by atoms with Crippen molar-refractivity contribution in [1.82, 2.24) is 0 Å². The second kappa shape index (κ2) is 3.17. The van der Waals surface area contributed by atoms with E-state index >= 15 is 0 Å². The number of halogens is 1. The van der Waals surface area contributed by atoms with Crippen LogP contribution >= 0.6 is 11.6 Å². The van der Waals surface area contributed by atoms with Crippen molar-refractivity contribution < 1.29 is 9.47 Å². The minimum Gasteiger partial charge on any atom is -0.347 e. The van der Waals surface area contributed by atoms with Crippen LogP contribution < -0.4 is 0 Å². The highest BCUT2D eigenvalue weighted by Crippen LogP contribution is 2.39. The van der Waals surface area contributed by atoms with Crippen molar-refractivity contribution in [3.63, 3.8) is 0 Å². The molecule has 12 heavy (non-hydrogen) atoms. The van der Waals surface area contributed by atoms with Crippen LogP contribution in [0.1, 0.15) is 27.7 Å². The predicted molar refractivity (Wildman–Crippen MR) is 49.4 cm³/mol. The summed E-state index contributed by atoms with van der Waals surface area (Å²) in [7, 11) is 0. The van der Waals surface area contributed by atoms with Crippen LogP contribution in [-0.4, -0.2) is 24.4 Å². The van der Waals surface area contributed by atoms with E-state index < -0.39 is 5.79 Å². The van der Waals surface area contributed by atoms with Gasteiger partial charge in [0.15, 0.2) is 5.79 Å². The summed E-state index contributed by atoms with van der Waals surface area (Å²) in [4.78, 5) is 0. The van der Waals surface area contributed by atoms with Gasteiger partial charge in [-0.25, -0.2) is 0 Å². The molecule has 0 spiro atoms. The Balaban J connectivity index is 2.64. The Kier molecular flexibility index (Phi) is 2.72. The van der Waals surface area contributed by atoms with E-state index in [0.717, 1.165) is 0 Å². The van der Waals surface area contributed by atoms with Crippen molar-refractivity contribution in [2.75, 3.05) is 12.5 Å². The average molecular weight is 193 g/mol. The van der Waals surface area contributed by atoms with Crippen LogP contribution in [0.5, 0.6) is 0 Å². The van der Waals surface area contributed by atoms with Gasteiger partial charge >= 0.3 is 0 Å². The number of rotatable bonds is 1. The Hall–Kier alpha value is 0.210. The number of hydrogen-bond donors (Lipinski definition) is 0. The van der Waals surface area contributed by atoms with Gasteiger partial charge in [0.1, 0.15) is 0 Å². The Morgan fingerprint density at radius 3 is 2.33 bits per heavy atom.